The zero-order valence-electron chi connectivity index (χ0n) is 12.5. The SMILES string of the molecule is CC(C)N(CC1CCCNC1)C(=O)c1ccc(F)c(F)c1. The van der Waals surface area contributed by atoms with Crippen LogP contribution in [0.2, 0.25) is 0 Å². The number of hydrogen-bond donors (Lipinski definition) is 1. The van der Waals surface area contributed by atoms with Crippen molar-refractivity contribution in [1.82, 2.24) is 10.2 Å². The fourth-order valence-electron chi connectivity index (χ4n) is 2.68. The highest BCUT2D eigenvalue weighted by Gasteiger charge is 2.24. The number of piperidine rings is 1. The van der Waals surface area contributed by atoms with Crippen LogP contribution in [0.4, 0.5) is 8.78 Å². The smallest absolute Gasteiger partial charge is 0.254 e. The zero-order chi connectivity index (χ0) is 15.4. The number of carbonyl (C=O) groups excluding carboxylic acids is 1. The van der Waals surface area contributed by atoms with Gasteiger partial charge < -0.3 is 10.2 Å². The monoisotopic (exact) mass is 296 g/mol. The minimum absolute atomic E-state index is 0.0209. The molecule has 0 aromatic heterocycles. The van der Waals surface area contributed by atoms with E-state index in [4.69, 9.17) is 0 Å². The van der Waals surface area contributed by atoms with Crippen molar-refractivity contribution < 1.29 is 13.6 Å². The molecule has 0 spiro atoms. The average Bonchev–Trinajstić information content (AvgIpc) is 2.47. The van der Waals surface area contributed by atoms with Crippen LogP contribution in [0.15, 0.2) is 18.2 Å². The van der Waals surface area contributed by atoms with E-state index in [0.29, 0.717) is 12.5 Å². The summed E-state index contributed by atoms with van der Waals surface area (Å²) in [5.41, 5.74) is 0.200. The summed E-state index contributed by atoms with van der Waals surface area (Å²) >= 11 is 0. The molecule has 1 aliphatic heterocycles. The largest absolute Gasteiger partial charge is 0.336 e. The fraction of sp³-hybridized carbons (Fsp3) is 0.562. The topological polar surface area (TPSA) is 32.3 Å². The average molecular weight is 296 g/mol. The maximum Gasteiger partial charge on any atom is 0.254 e. The van der Waals surface area contributed by atoms with Crippen LogP contribution in [-0.2, 0) is 0 Å². The van der Waals surface area contributed by atoms with Crippen LogP contribution in [0, 0.1) is 17.6 Å². The van der Waals surface area contributed by atoms with Crippen LogP contribution in [-0.4, -0.2) is 36.5 Å². The van der Waals surface area contributed by atoms with Crippen molar-refractivity contribution in [2.45, 2.75) is 32.7 Å². The predicted octanol–water partition coefficient (Wildman–Crippen LogP) is 2.82. The molecule has 0 saturated carbocycles. The van der Waals surface area contributed by atoms with Crippen LogP contribution in [0.25, 0.3) is 0 Å². The zero-order valence-corrected chi connectivity index (χ0v) is 12.5. The lowest BCUT2D eigenvalue weighted by Gasteiger charge is -2.33. The minimum atomic E-state index is -0.983. The summed E-state index contributed by atoms with van der Waals surface area (Å²) in [5.74, 6) is -1.74. The molecule has 5 heteroatoms. The van der Waals surface area contributed by atoms with E-state index in [9.17, 15) is 13.6 Å². The molecule has 1 N–H and O–H groups in total. The molecule has 1 aromatic rings. The summed E-state index contributed by atoms with van der Waals surface area (Å²) in [6.07, 6.45) is 2.19. The van der Waals surface area contributed by atoms with Crippen molar-refractivity contribution in [3.05, 3.63) is 35.4 Å². The number of nitrogens with one attached hydrogen (secondary N) is 1. The Morgan fingerprint density at radius 2 is 2.14 bits per heavy atom. The van der Waals surface area contributed by atoms with E-state index < -0.39 is 11.6 Å². The summed E-state index contributed by atoms with van der Waals surface area (Å²) < 4.78 is 26.3. The van der Waals surface area contributed by atoms with E-state index in [2.05, 4.69) is 5.32 Å². The maximum absolute atomic E-state index is 13.3. The van der Waals surface area contributed by atoms with E-state index in [0.717, 1.165) is 38.1 Å². The van der Waals surface area contributed by atoms with E-state index >= 15 is 0 Å². The van der Waals surface area contributed by atoms with Crippen molar-refractivity contribution in [2.75, 3.05) is 19.6 Å². The first-order valence-electron chi connectivity index (χ1n) is 7.45. The van der Waals surface area contributed by atoms with Crippen molar-refractivity contribution in [1.29, 1.82) is 0 Å². The standard InChI is InChI=1S/C16H22F2N2O/c1-11(2)20(10-12-4-3-7-19-9-12)16(21)13-5-6-14(17)15(18)8-13/h5-6,8,11-12,19H,3-4,7,9-10H2,1-2H3. The molecule has 0 aliphatic carbocycles. The Morgan fingerprint density at radius 1 is 1.38 bits per heavy atom. The van der Waals surface area contributed by atoms with E-state index in [1.807, 2.05) is 13.8 Å². The first kappa shape index (κ1) is 15.9. The highest BCUT2D eigenvalue weighted by Crippen LogP contribution is 2.17. The summed E-state index contributed by atoms with van der Waals surface area (Å²) in [5, 5.41) is 3.33. The molecule has 1 fully saturated rings. The molecule has 21 heavy (non-hydrogen) atoms. The van der Waals surface area contributed by atoms with E-state index in [1.54, 1.807) is 4.90 Å². The van der Waals surface area contributed by atoms with Gasteiger partial charge in [0.15, 0.2) is 11.6 Å². The molecule has 1 saturated heterocycles. The second kappa shape index (κ2) is 6.98. The normalized spacial score (nSPS) is 18.8. The Morgan fingerprint density at radius 3 is 2.71 bits per heavy atom. The quantitative estimate of drug-likeness (QED) is 0.926. The Labute approximate surface area is 124 Å². The summed E-state index contributed by atoms with van der Waals surface area (Å²) in [6.45, 7) is 6.44. The van der Waals surface area contributed by atoms with Gasteiger partial charge in [0.25, 0.3) is 5.91 Å². The number of nitrogens with zero attached hydrogens (tertiary/aromatic N) is 1. The van der Waals surface area contributed by atoms with Crippen molar-refractivity contribution in [3.63, 3.8) is 0 Å². The number of rotatable bonds is 4. The number of halogens is 2. The van der Waals surface area contributed by atoms with Gasteiger partial charge >= 0.3 is 0 Å². The maximum atomic E-state index is 13.3. The van der Waals surface area contributed by atoms with Crippen LogP contribution < -0.4 is 5.32 Å². The van der Waals surface area contributed by atoms with Crippen molar-refractivity contribution in [3.8, 4) is 0 Å². The first-order chi connectivity index (χ1) is 9.99. The minimum Gasteiger partial charge on any atom is -0.336 e. The van der Waals surface area contributed by atoms with Gasteiger partial charge in [-0.1, -0.05) is 0 Å². The lowest BCUT2D eigenvalue weighted by atomic mass is 9.98. The van der Waals surface area contributed by atoms with Gasteiger partial charge in [-0.2, -0.15) is 0 Å². The molecule has 1 atom stereocenters. The third kappa shape index (κ3) is 4.00. The van der Waals surface area contributed by atoms with Crippen LogP contribution in [0.3, 0.4) is 0 Å². The lowest BCUT2D eigenvalue weighted by molar-refractivity contribution is 0.0660. The molecule has 1 unspecified atom stereocenters. The number of hydrogen-bond acceptors (Lipinski definition) is 2. The molecule has 1 aromatic carbocycles. The first-order valence-corrected chi connectivity index (χ1v) is 7.45. The predicted molar refractivity (Wildman–Crippen MR) is 78.1 cm³/mol. The van der Waals surface area contributed by atoms with Gasteiger partial charge in [0.05, 0.1) is 0 Å². The van der Waals surface area contributed by atoms with Gasteiger partial charge in [-0.25, -0.2) is 8.78 Å². The third-order valence-electron chi connectivity index (χ3n) is 3.90. The fourth-order valence-corrected chi connectivity index (χ4v) is 2.68. The molecule has 1 heterocycles. The van der Waals surface area contributed by atoms with Gasteiger partial charge in [-0.15, -0.1) is 0 Å². The molecule has 116 valence electrons. The number of benzene rings is 1. The van der Waals surface area contributed by atoms with Gasteiger partial charge in [0.2, 0.25) is 0 Å². The Hall–Kier alpha value is -1.49. The van der Waals surface area contributed by atoms with E-state index in [-0.39, 0.29) is 17.5 Å². The molecule has 0 bridgehead atoms. The molecule has 1 amide bonds. The summed E-state index contributed by atoms with van der Waals surface area (Å²) in [6, 6.07) is 3.34. The molecule has 2 rings (SSSR count). The lowest BCUT2D eigenvalue weighted by Crippen LogP contribution is -2.44. The molecule has 0 radical (unpaired) electrons. The Balaban J connectivity index is 2.12. The summed E-state index contributed by atoms with van der Waals surface area (Å²) in [7, 11) is 0. The van der Waals surface area contributed by atoms with Crippen LogP contribution in [0.5, 0.6) is 0 Å². The highest BCUT2D eigenvalue weighted by atomic mass is 19.2. The highest BCUT2D eigenvalue weighted by molar-refractivity contribution is 5.94. The number of carbonyl (C=O) groups is 1. The number of amides is 1. The van der Waals surface area contributed by atoms with Gasteiger partial charge in [0, 0.05) is 18.2 Å². The van der Waals surface area contributed by atoms with Crippen molar-refractivity contribution >= 4 is 5.91 Å². The van der Waals surface area contributed by atoms with Crippen LogP contribution >= 0.6 is 0 Å². The van der Waals surface area contributed by atoms with Crippen LogP contribution in [0.1, 0.15) is 37.0 Å². The van der Waals surface area contributed by atoms with E-state index in [1.165, 1.54) is 6.07 Å². The second-order valence-corrected chi connectivity index (χ2v) is 5.89. The van der Waals surface area contributed by atoms with Gasteiger partial charge in [-0.3, -0.25) is 4.79 Å². The van der Waals surface area contributed by atoms with Crippen molar-refractivity contribution in [2.24, 2.45) is 5.92 Å². The molecule has 1 aliphatic rings. The molecular formula is C16H22F2N2O. The second-order valence-electron chi connectivity index (χ2n) is 5.89. The summed E-state index contributed by atoms with van der Waals surface area (Å²) in [4.78, 5) is 14.3. The molecular weight excluding hydrogens is 274 g/mol. The third-order valence-corrected chi connectivity index (χ3v) is 3.90. The Kier molecular flexibility index (Phi) is 5.28. The molecule has 3 nitrogen and oxygen atoms in total. The Bertz CT molecular complexity index is 499. The van der Waals surface area contributed by atoms with Gasteiger partial charge in [-0.05, 0) is 63.9 Å². The van der Waals surface area contributed by atoms with Gasteiger partial charge in [0.1, 0.15) is 0 Å².